The molecule has 2 unspecified atom stereocenters. The van der Waals surface area contributed by atoms with E-state index >= 15 is 0 Å². The second-order valence-corrected chi connectivity index (χ2v) is 4.81. The van der Waals surface area contributed by atoms with E-state index in [1.54, 1.807) is 0 Å². The molecule has 0 aliphatic heterocycles. The molecule has 2 N–H and O–H groups in total. The fourth-order valence-electron chi connectivity index (χ4n) is 2.20. The lowest BCUT2D eigenvalue weighted by Gasteiger charge is -2.20. The first-order valence-electron chi connectivity index (χ1n) is 5.99. The summed E-state index contributed by atoms with van der Waals surface area (Å²) in [4.78, 5) is 0. The van der Waals surface area contributed by atoms with Gasteiger partial charge in [0.25, 0.3) is 0 Å². The number of hydrogen-bond donors (Lipinski definition) is 2. The zero-order chi connectivity index (χ0) is 12.3. The van der Waals surface area contributed by atoms with Gasteiger partial charge in [-0.1, -0.05) is 17.7 Å². The molecule has 0 bridgehead atoms. The fourth-order valence-corrected chi connectivity index (χ4v) is 2.44. The van der Waals surface area contributed by atoms with Crippen LogP contribution in [0.15, 0.2) is 18.2 Å². The van der Waals surface area contributed by atoms with Crippen LogP contribution < -0.4 is 10.1 Å². The van der Waals surface area contributed by atoms with Crippen molar-refractivity contribution in [3.05, 3.63) is 28.8 Å². The maximum absolute atomic E-state index is 9.77. The molecule has 2 atom stereocenters. The van der Waals surface area contributed by atoms with Crippen molar-refractivity contribution in [2.75, 3.05) is 7.05 Å². The number of halogens is 1. The molecule has 1 aromatic rings. The average Bonchev–Trinajstić information content (AvgIpc) is 2.70. The molecular weight excluding hydrogens is 238 g/mol. The quantitative estimate of drug-likeness (QED) is 0.868. The van der Waals surface area contributed by atoms with Gasteiger partial charge < -0.3 is 15.2 Å². The highest BCUT2D eigenvalue weighted by molar-refractivity contribution is 6.31. The van der Waals surface area contributed by atoms with E-state index in [-0.39, 0.29) is 12.2 Å². The van der Waals surface area contributed by atoms with Gasteiger partial charge in [-0.05, 0) is 38.4 Å². The lowest BCUT2D eigenvalue weighted by molar-refractivity contribution is 0.0597. The molecule has 0 amide bonds. The summed E-state index contributed by atoms with van der Waals surface area (Å²) in [6.45, 7) is 0.665. The van der Waals surface area contributed by atoms with Crippen LogP contribution in [0.3, 0.4) is 0 Å². The van der Waals surface area contributed by atoms with E-state index in [1.807, 2.05) is 25.2 Å². The summed E-state index contributed by atoms with van der Waals surface area (Å²) in [5.41, 5.74) is 0.954. The molecule has 1 saturated carbocycles. The standard InChI is InChI=1S/C13H18ClNO2/c1-15-8-9-10(14)4-2-6-12(9)17-13-7-3-5-11(13)16/h2,4,6,11,13,15-16H,3,5,7-8H2,1H3. The molecule has 1 fully saturated rings. The summed E-state index contributed by atoms with van der Waals surface area (Å²) in [5.74, 6) is 0.776. The molecule has 1 aliphatic carbocycles. The molecule has 0 aromatic heterocycles. The van der Waals surface area contributed by atoms with Gasteiger partial charge in [0, 0.05) is 17.1 Å². The normalized spacial score (nSPS) is 23.9. The van der Waals surface area contributed by atoms with Crippen molar-refractivity contribution in [3.8, 4) is 5.75 Å². The number of rotatable bonds is 4. The van der Waals surface area contributed by atoms with Gasteiger partial charge in [-0.2, -0.15) is 0 Å². The van der Waals surface area contributed by atoms with Gasteiger partial charge in [-0.25, -0.2) is 0 Å². The third kappa shape index (κ3) is 2.92. The minimum atomic E-state index is -0.351. The first-order chi connectivity index (χ1) is 8.22. The Hall–Kier alpha value is -0.770. The topological polar surface area (TPSA) is 41.5 Å². The zero-order valence-corrected chi connectivity index (χ0v) is 10.7. The van der Waals surface area contributed by atoms with Crippen LogP contribution in [-0.4, -0.2) is 24.4 Å². The Kier molecular flexibility index (Phi) is 4.26. The van der Waals surface area contributed by atoms with Gasteiger partial charge in [-0.15, -0.1) is 0 Å². The van der Waals surface area contributed by atoms with E-state index < -0.39 is 0 Å². The maximum Gasteiger partial charge on any atom is 0.125 e. The highest BCUT2D eigenvalue weighted by Crippen LogP contribution is 2.30. The Morgan fingerprint density at radius 3 is 2.94 bits per heavy atom. The minimum absolute atomic E-state index is 0.0935. The summed E-state index contributed by atoms with van der Waals surface area (Å²) >= 11 is 6.15. The van der Waals surface area contributed by atoms with E-state index in [0.29, 0.717) is 11.6 Å². The summed E-state index contributed by atoms with van der Waals surface area (Å²) in [6, 6.07) is 5.63. The maximum atomic E-state index is 9.77. The summed E-state index contributed by atoms with van der Waals surface area (Å²) < 4.78 is 5.88. The average molecular weight is 256 g/mol. The predicted octanol–water partition coefficient (Wildman–Crippen LogP) is 2.35. The molecular formula is C13H18ClNO2. The van der Waals surface area contributed by atoms with Crippen LogP contribution in [-0.2, 0) is 6.54 Å². The fraction of sp³-hybridized carbons (Fsp3) is 0.538. The Labute approximate surface area is 107 Å². The van der Waals surface area contributed by atoms with Crippen LogP contribution >= 0.6 is 11.6 Å². The third-order valence-electron chi connectivity index (χ3n) is 3.13. The van der Waals surface area contributed by atoms with E-state index in [9.17, 15) is 5.11 Å². The summed E-state index contributed by atoms with van der Waals surface area (Å²) in [7, 11) is 1.87. The lowest BCUT2D eigenvalue weighted by atomic mass is 10.2. The van der Waals surface area contributed by atoms with Crippen LogP contribution in [0.25, 0.3) is 0 Å². The smallest absolute Gasteiger partial charge is 0.125 e. The number of nitrogens with one attached hydrogen (secondary N) is 1. The predicted molar refractivity (Wildman–Crippen MR) is 68.5 cm³/mol. The van der Waals surface area contributed by atoms with E-state index in [1.165, 1.54) is 0 Å². The van der Waals surface area contributed by atoms with Gasteiger partial charge in [-0.3, -0.25) is 0 Å². The van der Waals surface area contributed by atoms with Gasteiger partial charge in [0.1, 0.15) is 11.9 Å². The number of aliphatic hydroxyl groups excluding tert-OH is 1. The molecule has 0 saturated heterocycles. The highest BCUT2D eigenvalue weighted by atomic mass is 35.5. The molecule has 17 heavy (non-hydrogen) atoms. The van der Waals surface area contributed by atoms with Crippen molar-refractivity contribution < 1.29 is 9.84 Å². The number of hydrogen-bond acceptors (Lipinski definition) is 3. The molecule has 4 heteroatoms. The van der Waals surface area contributed by atoms with Crippen LogP contribution in [0, 0.1) is 0 Å². The second-order valence-electron chi connectivity index (χ2n) is 4.40. The minimum Gasteiger partial charge on any atom is -0.487 e. The number of ether oxygens (including phenoxy) is 1. The van der Waals surface area contributed by atoms with Gasteiger partial charge in [0.15, 0.2) is 0 Å². The molecule has 0 spiro atoms. The van der Waals surface area contributed by atoms with Gasteiger partial charge >= 0.3 is 0 Å². The summed E-state index contributed by atoms with van der Waals surface area (Å²) in [6.07, 6.45) is 2.31. The van der Waals surface area contributed by atoms with Crippen molar-refractivity contribution >= 4 is 11.6 Å². The van der Waals surface area contributed by atoms with Crippen molar-refractivity contribution in [3.63, 3.8) is 0 Å². The molecule has 3 nitrogen and oxygen atoms in total. The lowest BCUT2D eigenvalue weighted by Crippen LogP contribution is -2.26. The monoisotopic (exact) mass is 255 g/mol. The third-order valence-corrected chi connectivity index (χ3v) is 3.48. The first-order valence-corrected chi connectivity index (χ1v) is 6.37. The SMILES string of the molecule is CNCc1c(Cl)cccc1OC1CCCC1O. The second kappa shape index (κ2) is 5.71. The molecule has 1 aromatic carbocycles. The van der Waals surface area contributed by atoms with Gasteiger partial charge in [0.05, 0.1) is 6.10 Å². The van der Waals surface area contributed by atoms with E-state index in [4.69, 9.17) is 16.3 Å². The Balaban J connectivity index is 2.16. The van der Waals surface area contributed by atoms with E-state index in [2.05, 4.69) is 5.32 Å². The number of benzene rings is 1. The van der Waals surface area contributed by atoms with Gasteiger partial charge in [0.2, 0.25) is 0 Å². The van der Waals surface area contributed by atoms with Crippen LogP contribution in [0.2, 0.25) is 5.02 Å². The number of aliphatic hydroxyl groups is 1. The van der Waals surface area contributed by atoms with Crippen molar-refractivity contribution in [2.24, 2.45) is 0 Å². The zero-order valence-electron chi connectivity index (χ0n) is 9.95. The van der Waals surface area contributed by atoms with E-state index in [0.717, 1.165) is 30.6 Å². The largest absolute Gasteiger partial charge is 0.487 e. The molecule has 2 rings (SSSR count). The Morgan fingerprint density at radius 2 is 2.29 bits per heavy atom. The first kappa shape index (κ1) is 12.7. The molecule has 0 heterocycles. The van der Waals surface area contributed by atoms with Crippen LogP contribution in [0.1, 0.15) is 24.8 Å². The Bertz CT molecular complexity index is 384. The van der Waals surface area contributed by atoms with Crippen LogP contribution in [0.4, 0.5) is 0 Å². The van der Waals surface area contributed by atoms with Crippen molar-refractivity contribution in [1.29, 1.82) is 0 Å². The highest BCUT2D eigenvalue weighted by Gasteiger charge is 2.27. The van der Waals surface area contributed by atoms with Crippen molar-refractivity contribution in [2.45, 2.75) is 38.0 Å². The molecule has 94 valence electrons. The van der Waals surface area contributed by atoms with Crippen molar-refractivity contribution in [1.82, 2.24) is 5.32 Å². The Morgan fingerprint density at radius 1 is 1.47 bits per heavy atom. The molecule has 1 aliphatic rings. The summed E-state index contributed by atoms with van der Waals surface area (Å²) in [5, 5.41) is 13.5. The molecule has 0 radical (unpaired) electrons. The van der Waals surface area contributed by atoms with Crippen LogP contribution in [0.5, 0.6) is 5.75 Å².